The summed E-state index contributed by atoms with van der Waals surface area (Å²) in [5.41, 5.74) is -0.801. The summed E-state index contributed by atoms with van der Waals surface area (Å²) in [6.07, 6.45) is 4.31. The molecular formula is C20H17F5O. The number of benzene rings is 2. The van der Waals surface area contributed by atoms with E-state index in [9.17, 15) is 22.0 Å². The Hall–Kier alpha value is -2.55. The highest BCUT2D eigenvalue weighted by Crippen LogP contribution is 2.22. The fourth-order valence-electron chi connectivity index (χ4n) is 2.20. The van der Waals surface area contributed by atoms with Crippen LogP contribution >= 0.6 is 0 Å². The van der Waals surface area contributed by atoms with Gasteiger partial charge in [-0.1, -0.05) is 38.0 Å². The van der Waals surface area contributed by atoms with Crippen LogP contribution in [0.3, 0.4) is 0 Å². The van der Waals surface area contributed by atoms with Crippen molar-refractivity contribution in [2.24, 2.45) is 0 Å². The van der Waals surface area contributed by atoms with Gasteiger partial charge in [0.2, 0.25) is 5.82 Å². The molecule has 26 heavy (non-hydrogen) atoms. The Labute approximate surface area is 148 Å². The number of halogens is 5. The summed E-state index contributed by atoms with van der Waals surface area (Å²) in [6.45, 7) is 2.70. The van der Waals surface area contributed by atoms with Gasteiger partial charge in [0, 0.05) is 5.56 Å². The van der Waals surface area contributed by atoms with E-state index >= 15 is 0 Å². The lowest BCUT2D eigenvalue weighted by Crippen LogP contribution is -2.04. The predicted octanol–water partition coefficient (Wildman–Crippen LogP) is 5.74. The Bertz CT molecular complexity index is 790. The van der Waals surface area contributed by atoms with E-state index in [4.69, 9.17) is 4.74 Å². The van der Waals surface area contributed by atoms with Gasteiger partial charge in [0.1, 0.15) is 11.3 Å². The van der Waals surface area contributed by atoms with Crippen LogP contribution in [0.2, 0.25) is 0 Å². The summed E-state index contributed by atoms with van der Waals surface area (Å²) in [7, 11) is 0. The highest BCUT2D eigenvalue weighted by atomic mass is 19.2. The van der Waals surface area contributed by atoms with Crippen molar-refractivity contribution in [3.8, 4) is 17.6 Å². The van der Waals surface area contributed by atoms with Crippen molar-refractivity contribution < 1.29 is 26.7 Å². The van der Waals surface area contributed by atoms with Gasteiger partial charge in [-0.2, -0.15) is 0 Å². The van der Waals surface area contributed by atoms with E-state index in [0.29, 0.717) is 17.9 Å². The number of ether oxygens (including phenoxy) is 1. The summed E-state index contributed by atoms with van der Waals surface area (Å²) in [6, 6.07) is 6.34. The van der Waals surface area contributed by atoms with Gasteiger partial charge in [0.25, 0.3) is 0 Å². The van der Waals surface area contributed by atoms with Gasteiger partial charge in [0.15, 0.2) is 23.3 Å². The first-order valence-corrected chi connectivity index (χ1v) is 8.22. The zero-order valence-corrected chi connectivity index (χ0v) is 14.1. The quantitative estimate of drug-likeness (QED) is 0.208. The first kappa shape index (κ1) is 19.8. The topological polar surface area (TPSA) is 9.23 Å². The summed E-state index contributed by atoms with van der Waals surface area (Å²) >= 11 is 0. The second-order valence-electron chi connectivity index (χ2n) is 5.63. The molecule has 2 rings (SSSR count). The van der Waals surface area contributed by atoms with Crippen molar-refractivity contribution in [2.75, 3.05) is 6.61 Å². The molecule has 138 valence electrons. The molecule has 0 radical (unpaired) electrons. The second-order valence-corrected chi connectivity index (χ2v) is 5.63. The number of hydrogen-bond donors (Lipinski definition) is 0. The molecule has 0 aromatic heterocycles. The molecule has 0 aliphatic rings. The lowest BCUT2D eigenvalue weighted by atomic mass is 10.1. The van der Waals surface area contributed by atoms with Gasteiger partial charge in [-0.3, -0.25) is 0 Å². The van der Waals surface area contributed by atoms with Crippen LogP contribution in [0.25, 0.3) is 0 Å². The van der Waals surface area contributed by atoms with Crippen molar-refractivity contribution in [2.45, 2.75) is 32.6 Å². The zero-order valence-electron chi connectivity index (χ0n) is 14.1. The lowest BCUT2D eigenvalue weighted by molar-refractivity contribution is 0.305. The monoisotopic (exact) mass is 368 g/mol. The normalized spacial score (nSPS) is 10.4. The lowest BCUT2D eigenvalue weighted by Gasteiger charge is -2.05. The molecular weight excluding hydrogens is 351 g/mol. The van der Waals surface area contributed by atoms with E-state index in [0.717, 1.165) is 25.7 Å². The molecule has 0 bridgehead atoms. The van der Waals surface area contributed by atoms with E-state index in [1.54, 1.807) is 24.3 Å². The van der Waals surface area contributed by atoms with Gasteiger partial charge < -0.3 is 4.74 Å². The van der Waals surface area contributed by atoms with Crippen molar-refractivity contribution in [3.05, 3.63) is 64.5 Å². The van der Waals surface area contributed by atoms with E-state index in [1.807, 2.05) is 5.92 Å². The molecule has 2 aromatic carbocycles. The Morgan fingerprint density at radius 1 is 0.731 bits per heavy atom. The Morgan fingerprint density at radius 3 is 1.88 bits per heavy atom. The highest BCUT2D eigenvalue weighted by Gasteiger charge is 2.24. The summed E-state index contributed by atoms with van der Waals surface area (Å²) in [5, 5.41) is 0. The van der Waals surface area contributed by atoms with Crippen molar-refractivity contribution in [1.29, 1.82) is 0 Å². The van der Waals surface area contributed by atoms with Gasteiger partial charge in [-0.25, -0.2) is 22.0 Å². The van der Waals surface area contributed by atoms with Gasteiger partial charge in [0.05, 0.1) is 6.61 Å². The minimum Gasteiger partial charge on any atom is -0.494 e. The third-order valence-electron chi connectivity index (χ3n) is 3.66. The maximum absolute atomic E-state index is 13.6. The number of rotatable bonds is 6. The molecule has 0 aliphatic heterocycles. The van der Waals surface area contributed by atoms with E-state index < -0.39 is 34.6 Å². The van der Waals surface area contributed by atoms with Crippen molar-refractivity contribution in [1.82, 2.24) is 0 Å². The van der Waals surface area contributed by atoms with Crippen LogP contribution in [0.15, 0.2) is 24.3 Å². The summed E-state index contributed by atoms with van der Waals surface area (Å²) < 4.78 is 71.9. The van der Waals surface area contributed by atoms with Gasteiger partial charge in [-0.05, 0) is 30.7 Å². The van der Waals surface area contributed by atoms with E-state index in [2.05, 4.69) is 12.8 Å². The molecule has 0 fully saturated rings. The minimum absolute atomic E-state index is 0.354. The Balaban J connectivity index is 2.09. The van der Waals surface area contributed by atoms with Crippen molar-refractivity contribution in [3.63, 3.8) is 0 Å². The Morgan fingerprint density at radius 2 is 1.31 bits per heavy atom. The SMILES string of the molecule is CCCCCCOc1ccc(C#Cc2c(F)c(F)c(F)c(F)c2F)cc1. The molecule has 0 saturated heterocycles. The molecule has 0 amide bonds. The van der Waals surface area contributed by atoms with Crippen LogP contribution in [-0.4, -0.2) is 6.61 Å². The van der Waals surface area contributed by atoms with Gasteiger partial charge in [-0.15, -0.1) is 0 Å². The van der Waals surface area contributed by atoms with Crippen LogP contribution in [0.1, 0.15) is 43.7 Å². The molecule has 0 saturated carbocycles. The fraction of sp³-hybridized carbons (Fsp3) is 0.300. The average Bonchev–Trinajstić information content (AvgIpc) is 2.65. The highest BCUT2D eigenvalue weighted by molar-refractivity contribution is 5.46. The molecule has 0 unspecified atom stereocenters. The average molecular weight is 368 g/mol. The smallest absolute Gasteiger partial charge is 0.200 e. The fourth-order valence-corrected chi connectivity index (χ4v) is 2.20. The molecule has 0 atom stereocenters. The molecule has 0 spiro atoms. The standard InChI is InChI=1S/C20H17F5O/c1-2-3-4-5-12-26-14-9-6-13(7-10-14)8-11-15-16(21)18(23)20(25)19(24)17(15)22/h6-7,9-10H,2-5,12H2,1H3. The molecule has 6 heteroatoms. The number of hydrogen-bond acceptors (Lipinski definition) is 1. The third-order valence-corrected chi connectivity index (χ3v) is 3.66. The summed E-state index contributed by atoms with van der Waals surface area (Å²) in [4.78, 5) is 0. The first-order chi connectivity index (χ1) is 12.5. The minimum atomic E-state index is -2.20. The van der Waals surface area contributed by atoms with Crippen LogP contribution in [0, 0.1) is 40.9 Å². The van der Waals surface area contributed by atoms with Crippen LogP contribution in [0.5, 0.6) is 5.75 Å². The second kappa shape index (κ2) is 9.23. The maximum atomic E-state index is 13.6. The number of unbranched alkanes of at least 4 members (excludes halogenated alkanes) is 3. The predicted molar refractivity (Wildman–Crippen MR) is 88.3 cm³/mol. The maximum Gasteiger partial charge on any atom is 0.200 e. The van der Waals surface area contributed by atoms with Crippen LogP contribution in [-0.2, 0) is 0 Å². The van der Waals surface area contributed by atoms with Crippen molar-refractivity contribution >= 4 is 0 Å². The van der Waals surface area contributed by atoms with E-state index in [1.165, 1.54) is 0 Å². The first-order valence-electron chi connectivity index (χ1n) is 8.22. The largest absolute Gasteiger partial charge is 0.494 e. The molecule has 2 aromatic rings. The zero-order chi connectivity index (χ0) is 19.1. The molecule has 0 aliphatic carbocycles. The van der Waals surface area contributed by atoms with Gasteiger partial charge >= 0.3 is 0 Å². The van der Waals surface area contributed by atoms with E-state index in [-0.39, 0.29) is 0 Å². The molecule has 0 N–H and O–H groups in total. The Kier molecular flexibility index (Phi) is 7.02. The molecule has 0 heterocycles. The van der Waals surface area contributed by atoms with Crippen LogP contribution < -0.4 is 4.74 Å². The third kappa shape index (κ3) is 4.75. The molecule has 1 nitrogen and oxygen atoms in total. The summed E-state index contributed by atoms with van der Waals surface area (Å²) in [5.74, 6) is -5.11. The van der Waals surface area contributed by atoms with Crippen LogP contribution in [0.4, 0.5) is 22.0 Å².